The zero-order valence-corrected chi connectivity index (χ0v) is 21.0. The summed E-state index contributed by atoms with van der Waals surface area (Å²) in [7, 11) is 0. The van der Waals surface area contributed by atoms with Gasteiger partial charge in [-0.05, 0) is 49.7 Å². The van der Waals surface area contributed by atoms with Gasteiger partial charge in [-0.2, -0.15) is 0 Å². The number of carbonyl (C=O) groups excluding carboxylic acids is 2. The molecule has 1 fully saturated rings. The predicted molar refractivity (Wildman–Crippen MR) is 137 cm³/mol. The highest BCUT2D eigenvalue weighted by Gasteiger charge is 2.30. The second-order valence-electron chi connectivity index (χ2n) is 9.47. The van der Waals surface area contributed by atoms with Crippen LogP contribution in [0.15, 0.2) is 54.6 Å². The Morgan fingerprint density at radius 2 is 1.83 bits per heavy atom. The van der Waals surface area contributed by atoms with Crippen molar-refractivity contribution < 1.29 is 23.8 Å². The Morgan fingerprint density at radius 1 is 1.06 bits per heavy atom. The first kappa shape index (κ1) is 27.2. The molecular formula is C29H41NO5. The van der Waals surface area contributed by atoms with E-state index in [9.17, 15) is 9.59 Å². The second kappa shape index (κ2) is 15.5. The molecule has 1 aromatic carbocycles. The molecule has 2 aliphatic rings. The van der Waals surface area contributed by atoms with E-state index in [1.807, 2.05) is 42.5 Å². The molecule has 1 aromatic rings. The summed E-state index contributed by atoms with van der Waals surface area (Å²) in [6.07, 6.45) is 16.1. The Kier molecular flexibility index (Phi) is 12.1. The molecule has 6 nitrogen and oxygen atoms in total. The van der Waals surface area contributed by atoms with Crippen LogP contribution in [0.5, 0.6) is 0 Å². The average Bonchev–Trinajstić information content (AvgIpc) is 3.39. The van der Waals surface area contributed by atoms with E-state index < -0.39 is 6.09 Å². The Bertz CT molecular complexity index is 816. The van der Waals surface area contributed by atoms with Gasteiger partial charge in [-0.3, -0.25) is 4.79 Å². The van der Waals surface area contributed by atoms with E-state index in [0.717, 1.165) is 44.1 Å². The van der Waals surface area contributed by atoms with E-state index in [2.05, 4.69) is 18.3 Å². The van der Waals surface area contributed by atoms with Gasteiger partial charge in [-0.25, -0.2) is 4.79 Å². The number of amides is 1. The van der Waals surface area contributed by atoms with E-state index in [-0.39, 0.29) is 30.6 Å². The van der Waals surface area contributed by atoms with Crippen LogP contribution in [0.2, 0.25) is 0 Å². The highest BCUT2D eigenvalue weighted by Crippen LogP contribution is 2.32. The van der Waals surface area contributed by atoms with E-state index in [0.29, 0.717) is 25.6 Å². The van der Waals surface area contributed by atoms with Crippen LogP contribution < -0.4 is 5.32 Å². The molecule has 1 N–H and O–H groups in total. The van der Waals surface area contributed by atoms with Crippen molar-refractivity contribution in [3.8, 4) is 0 Å². The predicted octanol–water partition coefficient (Wildman–Crippen LogP) is 6.11. The molecule has 0 spiro atoms. The lowest BCUT2D eigenvalue weighted by atomic mass is 9.76. The Hall–Kier alpha value is -2.44. The van der Waals surface area contributed by atoms with Gasteiger partial charge >= 0.3 is 6.09 Å². The fourth-order valence-corrected chi connectivity index (χ4v) is 4.75. The zero-order chi connectivity index (χ0) is 24.7. The fraction of sp³-hybridized carbons (Fsp3) is 0.586. The van der Waals surface area contributed by atoms with Crippen molar-refractivity contribution in [2.45, 2.75) is 83.6 Å². The van der Waals surface area contributed by atoms with E-state index >= 15 is 0 Å². The summed E-state index contributed by atoms with van der Waals surface area (Å²) in [5.74, 6) is 0.600. The first-order valence-corrected chi connectivity index (χ1v) is 13.2. The molecule has 0 radical (unpaired) electrons. The lowest BCUT2D eigenvalue weighted by Crippen LogP contribution is -2.43. The van der Waals surface area contributed by atoms with Crippen LogP contribution in [0.3, 0.4) is 0 Å². The van der Waals surface area contributed by atoms with Crippen LogP contribution in [-0.4, -0.2) is 37.4 Å². The number of alkyl carbamates (subject to hydrolysis) is 1. The first-order chi connectivity index (χ1) is 17.2. The Balaban J connectivity index is 1.52. The lowest BCUT2D eigenvalue weighted by molar-refractivity contribution is -0.114. The average molecular weight is 484 g/mol. The monoisotopic (exact) mass is 483 g/mol. The third kappa shape index (κ3) is 9.98. The number of nitrogens with one attached hydrogen (secondary N) is 1. The van der Waals surface area contributed by atoms with Crippen molar-refractivity contribution in [1.29, 1.82) is 0 Å². The van der Waals surface area contributed by atoms with Crippen molar-refractivity contribution in [3.05, 3.63) is 60.2 Å². The molecule has 1 aliphatic carbocycles. The highest BCUT2D eigenvalue weighted by molar-refractivity contribution is 5.89. The van der Waals surface area contributed by atoms with Crippen molar-refractivity contribution in [3.63, 3.8) is 0 Å². The zero-order valence-electron chi connectivity index (χ0n) is 21.0. The molecule has 1 amide bonds. The van der Waals surface area contributed by atoms with Gasteiger partial charge in [0.25, 0.3) is 0 Å². The van der Waals surface area contributed by atoms with Gasteiger partial charge < -0.3 is 19.5 Å². The summed E-state index contributed by atoms with van der Waals surface area (Å²) >= 11 is 0. The largest absolute Gasteiger partial charge is 0.445 e. The molecule has 3 unspecified atom stereocenters. The van der Waals surface area contributed by atoms with Crippen molar-refractivity contribution in [2.24, 2.45) is 11.8 Å². The van der Waals surface area contributed by atoms with Crippen LogP contribution >= 0.6 is 0 Å². The van der Waals surface area contributed by atoms with Crippen LogP contribution in [0.1, 0.15) is 70.3 Å². The number of hydrogen-bond acceptors (Lipinski definition) is 5. The molecule has 3 atom stereocenters. The van der Waals surface area contributed by atoms with E-state index in [1.165, 1.54) is 12.8 Å². The van der Waals surface area contributed by atoms with Gasteiger partial charge in [0.1, 0.15) is 6.61 Å². The molecule has 0 bridgehead atoms. The quantitative estimate of drug-likeness (QED) is 0.196. The maximum Gasteiger partial charge on any atom is 0.407 e. The SMILES string of the molecule is CCCCCC1CC=CC(NC(=O)OCc2ccccc2)C1C=CC(=O)CCCCC1OCCO1. The molecule has 1 heterocycles. The number of unbranched alkanes of at least 4 members (excludes halogenated alkanes) is 3. The van der Waals surface area contributed by atoms with Crippen molar-refractivity contribution >= 4 is 11.9 Å². The second-order valence-corrected chi connectivity index (χ2v) is 9.47. The molecule has 6 heteroatoms. The Morgan fingerprint density at radius 3 is 2.60 bits per heavy atom. The molecule has 0 saturated carbocycles. The topological polar surface area (TPSA) is 73.9 Å². The van der Waals surface area contributed by atoms with Gasteiger partial charge in [0, 0.05) is 12.3 Å². The summed E-state index contributed by atoms with van der Waals surface area (Å²) in [6.45, 7) is 3.76. The molecule has 35 heavy (non-hydrogen) atoms. The minimum absolute atomic E-state index is 0.0744. The smallest absolute Gasteiger partial charge is 0.407 e. The molecule has 1 aliphatic heterocycles. The standard InChI is InChI=1S/C29H41NO5/c1-2-3-5-13-24-14-10-16-27(30-29(32)35-22-23-11-6-4-7-12-23)26(24)19-18-25(31)15-8-9-17-28-33-20-21-34-28/h4,6-7,10-12,16,18-19,24,26-28H,2-3,5,8-9,13-15,17,20-22H2,1H3,(H,30,32). The summed E-state index contributed by atoms with van der Waals surface area (Å²) in [5, 5.41) is 3.03. The molecule has 192 valence electrons. The number of allylic oxidation sites excluding steroid dienone is 2. The summed E-state index contributed by atoms with van der Waals surface area (Å²) in [6, 6.07) is 9.47. The van der Waals surface area contributed by atoms with Gasteiger partial charge in [0.2, 0.25) is 0 Å². The van der Waals surface area contributed by atoms with Crippen molar-refractivity contribution in [1.82, 2.24) is 5.32 Å². The Labute approximate surface area is 210 Å². The summed E-state index contributed by atoms with van der Waals surface area (Å²) in [5.41, 5.74) is 0.951. The van der Waals surface area contributed by atoms with Gasteiger partial charge in [0.05, 0.1) is 19.3 Å². The van der Waals surface area contributed by atoms with Crippen LogP contribution in [0, 0.1) is 11.8 Å². The minimum Gasteiger partial charge on any atom is -0.445 e. The van der Waals surface area contributed by atoms with Crippen LogP contribution in [0.4, 0.5) is 4.79 Å². The summed E-state index contributed by atoms with van der Waals surface area (Å²) < 4.78 is 16.4. The molecular weight excluding hydrogens is 442 g/mol. The molecule has 1 saturated heterocycles. The number of ketones is 1. The number of ether oxygens (including phenoxy) is 3. The van der Waals surface area contributed by atoms with Gasteiger partial charge in [-0.1, -0.05) is 74.7 Å². The van der Waals surface area contributed by atoms with Gasteiger partial charge in [-0.15, -0.1) is 0 Å². The highest BCUT2D eigenvalue weighted by atomic mass is 16.7. The number of rotatable bonds is 14. The van der Waals surface area contributed by atoms with E-state index in [4.69, 9.17) is 14.2 Å². The van der Waals surface area contributed by atoms with Crippen molar-refractivity contribution in [2.75, 3.05) is 13.2 Å². The van der Waals surface area contributed by atoms with Crippen LogP contribution in [0.25, 0.3) is 0 Å². The summed E-state index contributed by atoms with van der Waals surface area (Å²) in [4.78, 5) is 25.1. The number of carbonyl (C=O) groups is 2. The number of benzene rings is 1. The third-order valence-corrected chi connectivity index (χ3v) is 6.73. The fourth-order valence-electron chi connectivity index (χ4n) is 4.75. The maximum absolute atomic E-state index is 12.6. The maximum atomic E-state index is 12.6. The van der Waals surface area contributed by atoms with E-state index in [1.54, 1.807) is 6.08 Å². The lowest BCUT2D eigenvalue weighted by Gasteiger charge is -2.33. The third-order valence-electron chi connectivity index (χ3n) is 6.73. The number of hydrogen-bond donors (Lipinski definition) is 1. The van der Waals surface area contributed by atoms with Crippen LogP contribution in [-0.2, 0) is 25.6 Å². The molecule has 3 rings (SSSR count). The molecule has 0 aromatic heterocycles. The first-order valence-electron chi connectivity index (χ1n) is 13.2. The minimum atomic E-state index is -0.432. The van der Waals surface area contributed by atoms with Gasteiger partial charge in [0.15, 0.2) is 12.1 Å². The normalized spacial score (nSPS) is 22.5.